The van der Waals surface area contributed by atoms with Crippen molar-refractivity contribution >= 4 is 5.78 Å². The van der Waals surface area contributed by atoms with E-state index < -0.39 is 0 Å². The molecule has 1 fully saturated rings. The molecule has 2 rings (SSSR count). The number of Topliss-reactive ketones (excluding diaryl/α,β-unsaturated/α-hetero) is 1. The van der Waals surface area contributed by atoms with E-state index in [4.69, 9.17) is 4.74 Å². The van der Waals surface area contributed by atoms with Gasteiger partial charge in [0.2, 0.25) is 0 Å². The van der Waals surface area contributed by atoms with Crippen molar-refractivity contribution in [3.8, 4) is 5.75 Å². The van der Waals surface area contributed by atoms with Crippen LogP contribution < -0.4 is 4.74 Å². The number of ether oxygens (including phenoxy) is 1. The van der Waals surface area contributed by atoms with Crippen molar-refractivity contribution in [2.45, 2.75) is 52.9 Å². The largest absolute Gasteiger partial charge is 0.496 e. The van der Waals surface area contributed by atoms with Gasteiger partial charge in [-0.05, 0) is 39.0 Å². The third-order valence-corrected chi connectivity index (χ3v) is 4.64. The summed E-state index contributed by atoms with van der Waals surface area (Å²) in [4.78, 5) is 16.7. The summed E-state index contributed by atoms with van der Waals surface area (Å²) >= 11 is 0. The number of aryl methyl sites for hydroxylation is 1. The Hall–Kier alpha value is -1.38. The van der Waals surface area contributed by atoms with Crippen LogP contribution in [0, 0.1) is 25.7 Å². The summed E-state index contributed by atoms with van der Waals surface area (Å²) in [6.45, 7) is 6.26. The molecule has 0 spiro atoms. The molecule has 20 heavy (non-hydrogen) atoms. The van der Waals surface area contributed by atoms with Gasteiger partial charge in [0.1, 0.15) is 11.5 Å². The van der Waals surface area contributed by atoms with Crippen molar-refractivity contribution in [3.63, 3.8) is 0 Å². The van der Waals surface area contributed by atoms with E-state index in [1.54, 1.807) is 7.11 Å². The number of carbonyl (C=O) groups excluding carboxylic acids is 1. The second-order valence-corrected chi connectivity index (χ2v) is 5.96. The monoisotopic (exact) mass is 275 g/mol. The summed E-state index contributed by atoms with van der Waals surface area (Å²) in [6.07, 6.45) is 6.62. The number of methoxy groups -OCH3 is 1. The van der Waals surface area contributed by atoms with E-state index in [0.717, 1.165) is 48.3 Å². The molecular formula is C17H25NO2. The van der Waals surface area contributed by atoms with Crippen LogP contribution in [0.4, 0.5) is 0 Å². The smallest absolute Gasteiger partial charge is 0.136 e. The predicted octanol–water partition coefficient (Wildman–Crippen LogP) is 3.64. The van der Waals surface area contributed by atoms with E-state index in [9.17, 15) is 4.79 Å². The Morgan fingerprint density at radius 2 is 2.15 bits per heavy atom. The van der Waals surface area contributed by atoms with Gasteiger partial charge in [-0.15, -0.1) is 0 Å². The van der Waals surface area contributed by atoms with Crippen LogP contribution in [0.2, 0.25) is 0 Å². The fraction of sp³-hybridized carbons (Fsp3) is 0.647. The fourth-order valence-electron chi connectivity index (χ4n) is 3.28. The number of hydrogen-bond donors (Lipinski definition) is 0. The second-order valence-electron chi connectivity index (χ2n) is 5.96. The molecule has 1 aromatic heterocycles. The first-order chi connectivity index (χ1) is 9.56. The van der Waals surface area contributed by atoms with Gasteiger partial charge in [-0.1, -0.05) is 13.3 Å². The molecule has 1 aliphatic carbocycles. The molecule has 0 aliphatic heterocycles. The van der Waals surface area contributed by atoms with Crippen LogP contribution in [0.5, 0.6) is 5.75 Å². The lowest BCUT2D eigenvalue weighted by atomic mass is 9.77. The lowest BCUT2D eigenvalue weighted by molar-refractivity contribution is -0.125. The van der Waals surface area contributed by atoms with Crippen LogP contribution in [-0.4, -0.2) is 17.9 Å². The average molecular weight is 275 g/mol. The standard InChI is InChI=1S/C17H25NO2/c1-5-13-6-7-16(19)14(8-13)9-15-12(3)17(20-4)11(2)10-18-15/h10,13-14H,5-9H2,1-4H3. The molecule has 0 bridgehead atoms. The van der Waals surface area contributed by atoms with Crippen molar-refractivity contribution in [2.75, 3.05) is 7.11 Å². The minimum absolute atomic E-state index is 0.146. The van der Waals surface area contributed by atoms with Gasteiger partial charge in [0.25, 0.3) is 0 Å². The topological polar surface area (TPSA) is 39.2 Å². The molecule has 1 heterocycles. The summed E-state index contributed by atoms with van der Waals surface area (Å²) < 4.78 is 5.45. The zero-order valence-corrected chi connectivity index (χ0v) is 13.0. The van der Waals surface area contributed by atoms with Crippen LogP contribution in [0.3, 0.4) is 0 Å². The molecule has 0 amide bonds. The minimum atomic E-state index is 0.146. The molecule has 1 aliphatic rings. The first-order valence-corrected chi connectivity index (χ1v) is 7.58. The Morgan fingerprint density at radius 1 is 1.40 bits per heavy atom. The minimum Gasteiger partial charge on any atom is -0.496 e. The highest BCUT2D eigenvalue weighted by atomic mass is 16.5. The number of rotatable bonds is 4. The fourth-order valence-corrected chi connectivity index (χ4v) is 3.28. The maximum Gasteiger partial charge on any atom is 0.136 e. The molecule has 2 unspecified atom stereocenters. The Balaban J connectivity index is 2.19. The van der Waals surface area contributed by atoms with Crippen LogP contribution in [0.25, 0.3) is 0 Å². The van der Waals surface area contributed by atoms with Crippen LogP contribution in [0.1, 0.15) is 49.4 Å². The summed E-state index contributed by atoms with van der Waals surface area (Å²) in [5, 5.41) is 0. The van der Waals surface area contributed by atoms with E-state index in [-0.39, 0.29) is 5.92 Å². The molecule has 2 atom stereocenters. The molecule has 0 radical (unpaired) electrons. The maximum atomic E-state index is 12.1. The molecule has 0 N–H and O–H groups in total. The van der Waals surface area contributed by atoms with E-state index >= 15 is 0 Å². The van der Waals surface area contributed by atoms with Crippen molar-refractivity contribution in [1.82, 2.24) is 4.98 Å². The summed E-state index contributed by atoms with van der Waals surface area (Å²) in [7, 11) is 1.69. The van der Waals surface area contributed by atoms with Gasteiger partial charge in [0, 0.05) is 35.4 Å². The van der Waals surface area contributed by atoms with Gasteiger partial charge in [-0.3, -0.25) is 9.78 Å². The third-order valence-electron chi connectivity index (χ3n) is 4.64. The molecule has 1 saturated carbocycles. The zero-order chi connectivity index (χ0) is 14.7. The number of pyridine rings is 1. The van der Waals surface area contributed by atoms with Crippen molar-refractivity contribution < 1.29 is 9.53 Å². The first kappa shape index (κ1) is 15.0. The molecule has 3 nitrogen and oxygen atoms in total. The quantitative estimate of drug-likeness (QED) is 0.842. The van der Waals surface area contributed by atoms with E-state index in [1.807, 2.05) is 20.0 Å². The van der Waals surface area contributed by atoms with Gasteiger partial charge in [-0.2, -0.15) is 0 Å². The van der Waals surface area contributed by atoms with Crippen LogP contribution in [-0.2, 0) is 11.2 Å². The Kier molecular flexibility index (Phi) is 4.79. The van der Waals surface area contributed by atoms with Crippen LogP contribution in [0.15, 0.2) is 6.20 Å². The Bertz CT molecular complexity index is 496. The predicted molar refractivity (Wildman–Crippen MR) is 80.1 cm³/mol. The normalized spacial score (nSPS) is 22.9. The second kappa shape index (κ2) is 6.38. The van der Waals surface area contributed by atoms with Crippen LogP contribution >= 0.6 is 0 Å². The highest BCUT2D eigenvalue weighted by Crippen LogP contribution is 2.32. The number of hydrogen-bond acceptors (Lipinski definition) is 3. The highest BCUT2D eigenvalue weighted by Gasteiger charge is 2.29. The van der Waals surface area contributed by atoms with E-state index in [2.05, 4.69) is 11.9 Å². The average Bonchev–Trinajstić information content (AvgIpc) is 2.44. The summed E-state index contributed by atoms with van der Waals surface area (Å²) in [6, 6.07) is 0. The number of carbonyl (C=O) groups is 1. The Morgan fingerprint density at radius 3 is 2.80 bits per heavy atom. The van der Waals surface area contributed by atoms with Gasteiger partial charge < -0.3 is 4.74 Å². The lowest BCUT2D eigenvalue weighted by Crippen LogP contribution is -2.27. The Labute approximate surface area is 121 Å². The van der Waals surface area contributed by atoms with Gasteiger partial charge in [0.15, 0.2) is 0 Å². The van der Waals surface area contributed by atoms with E-state index in [1.165, 1.54) is 6.42 Å². The maximum absolute atomic E-state index is 12.1. The highest BCUT2D eigenvalue weighted by molar-refractivity contribution is 5.82. The first-order valence-electron chi connectivity index (χ1n) is 7.58. The van der Waals surface area contributed by atoms with Gasteiger partial charge in [0.05, 0.1) is 7.11 Å². The zero-order valence-electron chi connectivity index (χ0n) is 13.0. The SMILES string of the molecule is CCC1CCC(=O)C(Cc2ncc(C)c(OC)c2C)C1. The van der Waals surface area contributed by atoms with Crippen molar-refractivity contribution in [1.29, 1.82) is 0 Å². The van der Waals surface area contributed by atoms with Gasteiger partial charge >= 0.3 is 0 Å². The van der Waals surface area contributed by atoms with Crippen molar-refractivity contribution in [3.05, 3.63) is 23.0 Å². The van der Waals surface area contributed by atoms with Gasteiger partial charge in [-0.25, -0.2) is 0 Å². The summed E-state index contributed by atoms with van der Waals surface area (Å²) in [5.74, 6) is 2.17. The number of ketones is 1. The molecule has 0 aromatic carbocycles. The third kappa shape index (κ3) is 3.02. The van der Waals surface area contributed by atoms with Crippen molar-refractivity contribution in [2.24, 2.45) is 11.8 Å². The summed E-state index contributed by atoms with van der Waals surface area (Å²) in [5.41, 5.74) is 3.15. The molecule has 1 aromatic rings. The molecule has 0 saturated heterocycles. The number of aromatic nitrogens is 1. The molecule has 3 heteroatoms. The van der Waals surface area contributed by atoms with E-state index in [0.29, 0.717) is 11.7 Å². The molecular weight excluding hydrogens is 250 g/mol. The molecule has 110 valence electrons. The number of nitrogens with zero attached hydrogens (tertiary/aromatic N) is 1. The lowest BCUT2D eigenvalue weighted by Gasteiger charge is -2.27.